The zero-order valence-electron chi connectivity index (χ0n) is 11.6. The van der Waals surface area contributed by atoms with E-state index >= 15 is 0 Å². The van der Waals surface area contributed by atoms with Gasteiger partial charge in [-0.15, -0.1) is 11.3 Å². The number of halogens is 2. The van der Waals surface area contributed by atoms with Gasteiger partial charge in [-0.05, 0) is 48.9 Å². The summed E-state index contributed by atoms with van der Waals surface area (Å²) in [6.07, 6.45) is 0. The van der Waals surface area contributed by atoms with Crippen molar-refractivity contribution in [1.29, 1.82) is 0 Å². The van der Waals surface area contributed by atoms with Crippen molar-refractivity contribution in [3.63, 3.8) is 0 Å². The van der Waals surface area contributed by atoms with Gasteiger partial charge in [0.2, 0.25) is 5.78 Å². The van der Waals surface area contributed by atoms with E-state index in [1.807, 2.05) is 32.2 Å². The summed E-state index contributed by atoms with van der Waals surface area (Å²) in [4.78, 5) is 13.4. The fourth-order valence-corrected chi connectivity index (χ4v) is 3.85. The fourth-order valence-electron chi connectivity index (χ4n) is 2.08. The molecule has 0 amide bonds. The minimum Gasteiger partial charge on any atom is -0.496 e. The van der Waals surface area contributed by atoms with Crippen molar-refractivity contribution in [2.45, 2.75) is 20.8 Å². The molecule has 0 saturated heterocycles. The van der Waals surface area contributed by atoms with Gasteiger partial charge in [0.05, 0.1) is 22.6 Å². The molecule has 0 aliphatic rings. The average Bonchev–Trinajstić information content (AvgIpc) is 2.73. The number of benzene rings is 1. The van der Waals surface area contributed by atoms with Crippen LogP contribution in [0.15, 0.2) is 15.9 Å². The Balaban J connectivity index is 2.69. The van der Waals surface area contributed by atoms with E-state index in [4.69, 9.17) is 16.3 Å². The number of carbonyl (C=O) groups is 1. The van der Waals surface area contributed by atoms with Gasteiger partial charge < -0.3 is 4.74 Å². The summed E-state index contributed by atoms with van der Waals surface area (Å²) in [6.45, 7) is 5.71. The van der Waals surface area contributed by atoms with E-state index < -0.39 is 0 Å². The van der Waals surface area contributed by atoms with Crippen LogP contribution in [-0.2, 0) is 0 Å². The molecule has 1 aromatic carbocycles. The average molecular weight is 374 g/mol. The second-order valence-electron chi connectivity index (χ2n) is 4.60. The Morgan fingerprint density at radius 3 is 2.45 bits per heavy atom. The van der Waals surface area contributed by atoms with Crippen LogP contribution in [0.2, 0.25) is 5.02 Å². The van der Waals surface area contributed by atoms with Crippen molar-refractivity contribution in [3.05, 3.63) is 48.1 Å². The van der Waals surface area contributed by atoms with E-state index in [0.717, 1.165) is 21.2 Å². The van der Waals surface area contributed by atoms with Crippen molar-refractivity contribution in [3.8, 4) is 5.75 Å². The van der Waals surface area contributed by atoms with E-state index in [2.05, 4.69) is 15.9 Å². The van der Waals surface area contributed by atoms with Gasteiger partial charge in [0.25, 0.3) is 0 Å². The summed E-state index contributed by atoms with van der Waals surface area (Å²) in [5, 5.41) is 2.42. The van der Waals surface area contributed by atoms with Gasteiger partial charge in [-0.25, -0.2) is 0 Å². The zero-order valence-corrected chi connectivity index (χ0v) is 14.8. The molecule has 0 unspecified atom stereocenters. The third-order valence-corrected chi connectivity index (χ3v) is 5.72. The maximum Gasteiger partial charge on any atom is 0.208 e. The number of aryl methyl sites for hydroxylation is 2. The summed E-state index contributed by atoms with van der Waals surface area (Å²) in [7, 11) is 1.58. The maximum absolute atomic E-state index is 12.8. The summed E-state index contributed by atoms with van der Waals surface area (Å²) in [5.74, 6) is 0.518. The molecule has 0 atom stereocenters. The topological polar surface area (TPSA) is 26.3 Å². The maximum atomic E-state index is 12.8. The molecule has 5 heteroatoms. The van der Waals surface area contributed by atoms with Crippen LogP contribution in [0.5, 0.6) is 5.75 Å². The van der Waals surface area contributed by atoms with Crippen LogP contribution >= 0.6 is 38.9 Å². The first-order chi connectivity index (χ1) is 9.38. The van der Waals surface area contributed by atoms with Gasteiger partial charge in [0, 0.05) is 4.47 Å². The number of hydrogen-bond acceptors (Lipinski definition) is 3. The first-order valence-electron chi connectivity index (χ1n) is 6.00. The van der Waals surface area contributed by atoms with E-state index in [1.165, 1.54) is 11.3 Å². The number of ether oxygens (including phenoxy) is 1. The summed E-state index contributed by atoms with van der Waals surface area (Å²) >= 11 is 11.1. The van der Waals surface area contributed by atoms with Crippen molar-refractivity contribution in [2.24, 2.45) is 0 Å². The SMILES string of the molecule is COc1c(C)cc(Br)c(C)c1C(=O)c1scc(C)c1Cl. The largest absolute Gasteiger partial charge is 0.496 e. The van der Waals surface area contributed by atoms with Crippen molar-refractivity contribution >= 4 is 44.7 Å². The molecule has 0 radical (unpaired) electrons. The van der Waals surface area contributed by atoms with Gasteiger partial charge in [-0.1, -0.05) is 27.5 Å². The molecule has 2 aromatic rings. The highest BCUT2D eigenvalue weighted by atomic mass is 79.9. The van der Waals surface area contributed by atoms with E-state index in [0.29, 0.717) is 21.2 Å². The zero-order chi connectivity index (χ0) is 15.0. The van der Waals surface area contributed by atoms with Crippen LogP contribution in [0.3, 0.4) is 0 Å². The Morgan fingerprint density at radius 2 is 1.95 bits per heavy atom. The summed E-state index contributed by atoms with van der Waals surface area (Å²) in [5.41, 5.74) is 3.27. The lowest BCUT2D eigenvalue weighted by molar-refractivity contribution is 0.103. The van der Waals surface area contributed by atoms with Crippen LogP contribution in [-0.4, -0.2) is 12.9 Å². The Hall–Kier alpha value is -0.840. The van der Waals surface area contributed by atoms with Crippen LogP contribution in [0, 0.1) is 20.8 Å². The molecule has 106 valence electrons. The van der Waals surface area contributed by atoms with Crippen molar-refractivity contribution in [2.75, 3.05) is 7.11 Å². The number of methoxy groups -OCH3 is 1. The normalized spacial score (nSPS) is 10.7. The molecule has 2 nitrogen and oxygen atoms in total. The molecule has 0 N–H and O–H groups in total. The number of rotatable bonds is 3. The first-order valence-corrected chi connectivity index (χ1v) is 8.05. The van der Waals surface area contributed by atoms with Crippen molar-refractivity contribution in [1.82, 2.24) is 0 Å². The predicted molar refractivity (Wildman–Crippen MR) is 87.7 cm³/mol. The van der Waals surface area contributed by atoms with Crippen LogP contribution in [0.1, 0.15) is 31.9 Å². The van der Waals surface area contributed by atoms with Gasteiger partial charge in [-0.3, -0.25) is 4.79 Å². The Kier molecular flexibility index (Phi) is 4.57. The highest BCUT2D eigenvalue weighted by Crippen LogP contribution is 2.37. The van der Waals surface area contributed by atoms with E-state index in [1.54, 1.807) is 7.11 Å². The Labute approximate surface area is 135 Å². The molecule has 0 spiro atoms. The number of carbonyl (C=O) groups excluding carboxylic acids is 1. The highest BCUT2D eigenvalue weighted by Gasteiger charge is 2.24. The minimum atomic E-state index is -0.0909. The molecule has 2 rings (SSSR count). The molecule has 0 aliphatic carbocycles. The number of thiophene rings is 1. The Bertz CT molecular complexity index is 692. The van der Waals surface area contributed by atoms with Gasteiger partial charge in [0.1, 0.15) is 5.75 Å². The molecule has 1 aromatic heterocycles. The van der Waals surface area contributed by atoms with Gasteiger partial charge in [0.15, 0.2) is 0 Å². The molecular formula is C15H14BrClO2S. The highest BCUT2D eigenvalue weighted by molar-refractivity contribution is 9.10. The molecule has 0 fully saturated rings. The summed E-state index contributed by atoms with van der Waals surface area (Å²) < 4.78 is 6.31. The third-order valence-electron chi connectivity index (χ3n) is 3.20. The fraction of sp³-hybridized carbons (Fsp3) is 0.267. The monoisotopic (exact) mass is 372 g/mol. The van der Waals surface area contributed by atoms with Crippen LogP contribution in [0.4, 0.5) is 0 Å². The second kappa shape index (κ2) is 5.88. The van der Waals surface area contributed by atoms with E-state index in [9.17, 15) is 4.79 Å². The van der Waals surface area contributed by atoms with Crippen LogP contribution < -0.4 is 4.74 Å². The molecular weight excluding hydrogens is 360 g/mol. The predicted octanol–water partition coefficient (Wildman–Crippen LogP) is 5.33. The first kappa shape index (κ1) is 15.5. The number of hydrogen-bond donors (Lipinski definition) is 0. The lowest BCUT2D eigenvalue weighted by Gasteiger charge is -2.14. The molecule has 0 bridgehead atoms. The molecule has 0 saturated carbocycles. The lowest BCUT2D eigenvalue weighted by Crippen LogP contribution is -2.07. The molecule has 20 heavy (non-hydrogen) atoms. The van der Waals surface area contributed by atoms with Gasteiger partial charge >= 0.3 is 0 Å². The standard InChI is InChI=1S/C15H14BrClO2S/c1-7-5-10(16)9(3)11(14(7)19-4)13(18)15-12(17)8(2)6-20-15/h5-6H,1-4H3. The smallest absolute Gasteiger partial charge is 0.208 e. The van der Waals surface area contributed by atoms with Gasteiger partial charge in [-0.2, -0.15) is 0 Å². The summed E-state index contributed by atoms with van der Waals surface area (Å²) in [6, 6.07) is 1.95. The van der Waals surface area contributed by atoms with Crippen molar-refractivity contribution < 1.29 is 9.53 Å². The van der Waals surface area contributed by atoms with Crippen LogP contribution in [0.25, 0.3) is 0 Å². The second-order valence-corrected chi connectivity index (χ2v) is 6.71. The minimum absolute atomic E-state index is 0.0909. The molecule has 0 aliphatic heterocycles. The lowest BCUT2D eigenvalue weighted by atomic mass is 9.99. The third kappa shape index (κ3) is 2.52. The number of ketones is 1. The molecule has 1 heterocycles. The Morgan fingerprint density at radius 1 is 1.30 bits per heavy atom. The quantitative estimate of drug-likeness (QED) is 0.680. The van der Waals surface area contributed by atoms with E-state index in [-0.39, 0.29) is 5.78 Å².